The van der Waals surface area contributed by atoms with E-state index in [1.807, 2.05) is 12.1 Å². The van der Waals surface area contributed by atoms with Crippen molar-refractivity contribution < 1.29 is 14.0 Å². The highest BCUT2D eigenvalue weighted by molar-refractivity contribution is 9.10. The predicted molar refractivity (Wildman–Crippen MR) is 92.6 cm³/mol. The molecule has 0 saturated carbocycles. The number of halogens is 2. The van der Waals surface area contributed by atoms with Gasteiger partial charge in [0.15, 0.2) is 0 Å². The molecule has 25 heavy (non-hydrogen) atoms. The van der Waals surface area contributed by atoms with Gasteiger partial charge >= 0.3 is 0 Å². The van der Waals surface area contributed by atoms with Gasteiger partial charge in [0.05, 0.1) is 5.52 Å². The average Bonchev–Trinajstić information content (AvgIpc) is 3.04. The van der Waals surface area contributed by atoms with E-state index in [2.05, 4.69) is 31.1 Å². The first kappa shape index (κ1) is 15.5. The highest BCUT2D eigenvalue weighted by Gasteiger charge is 2.20. The first-order valence-corrected chi connectivity index (χ1v) is 7.97. The lowest BCUT2D eigenvalue weighted by Gasteiger charge is -2.04. The summed E-state index contributed by atoms with van der Waals surface area (Å²) in [5.41, 5.74) is 0.0625. The zero-order chi connectivity index (χ0) is 17.6. The molecule has 0 bridgehead atoms. The van der Waals surface area contributed by atoms with Crippen molar-refractivity contribution in [3.63, 3.8) is 0 Å². The van der Waals surface area contributed by atoms with Crippen LogP contribution in [-0.4, -0.2) is 20.2 Å². The van der Waals surface area contributed by atoms with Gasteiger partial charge in [0.2, 0.25) is 5.82 Å². The van der Waals surface area contributed by atoms with Gasteiger partial charge in [-0.25, -0.2) is 4.39 Å². The fourth-order valence-electron chi connectivity index (χ4n) is 2.49. The fraction of sp³-hybridized carbons (Fsp3) is 0. The van der Waals surface area contributed by atoms with Crippen molar-refractivity contribution in [2.45, 2.75) is 0 Å². The molecule has 4 rings (SSSR count). The molecule has 0 aliphatic rings. The number of nitrogens with zero attached hydrogens (tertiary/aromatic N) is 2. The van der Waals surface area contributed by atoms with Crippen molar-refractivity contribution in [3.8, 4) is 28.6 Å². The SMILES string of the molecule is O=c1[nH]c2cc(F)ccc2c(O)c1-c1nc(-c2ccc(Br)cc2)no1. The third-order valence-electron chi connectivity index (χ3n) is 3.69. The van der Waals surface area contributed by atoms with Crippen LogP contribution in [0.25, 0.3) is 33.7 Å². The van der Waals surface area contributed by atoms with Gasteiger partial charge < -0.3 is 14.6 Å². The fourth-order valence-corrected chi connectivity index (χ4v) is 2.76. The van der Waals surface area contributed by atoms with E-state index in [0.717, 1.165) is 10.5 Å². The number of hydrogen-bond acceptors (Lipinski definition) is 5. The number of rotatable bonds is 2. The van der Waals surface area contributed by atoms with E-state index in [-0.39, 0.29) is 33.9 Å². The lowest BCUT2D eigenvalue weighted by atomic mass is 10.1. The summed E-state index contributed by atoms with van der Waals surface area (Å²) in [6.45, 7) is 0. The van der Waals surface area contributed by atoms with Crippen LogP contribution < -0.4 is 5.56 Å². The maximum atomic E-state index is 13.3. The number of pyridine rings is 1. The molecule has 2 heterocycles. The molecule has 0 aliphatic heterocycles. The van der Waals surface area contributed by atoms with Gasteiger partial charge in [0.1, 0.15) is 17.1 Å². The molecule has 0 atom stereocenters. The Hall–Kier alpha value is -3.00. The minimum Gasteiger partial charge on any atom is -0.506 e. The molecule has 0 amide bonds. The summed E-state index contributed by atoms with van der Waals surface area (Å²) in [5, 5.41) is 14.5. The Kier molecular flexibility index (Phi) is 3.61. The smallest absolute Gasteiger partial charge is 0.267 e. The minimum absolute atomic E-state index is 0.122. The second-order valence-electron chi connectivity index (χ2n) is 5.30. The second kappa shape index (κ2) is 5.82. The zero-order valence-electron chi connectivity index (χ0n) is 12.5. The number of H-pyrrole nitrogens is 1. The first-order valence-electron chi connectivity index (χ1n) is 7.17. The van der Waals surface area contributed by atoms with Crippen LogP contribution in [0.3, 0.4) is 0 Å². The number of aromatic hydroxyl groups is 1. The number of aromatic nitrogens is 3. The lowest BCUT2D eigenvalue weighted by molar-refractivity contribution is 0.426. The summed E-state index contributed by atoms with van der Waals surface area (Å²) in [6.07, 6.45) is 0. The second-order valence-corrected chi connectivity index (χ2v) is 6.21. The van der Waals surface area contributed by atoms with Crippen LogP contribution in [-0.2, 0) is 0 Å². The maximum Gasteiger partial charge on any atom is 0.267 e. The molecule has 0 unspecified atom stereocenters. The third-order valence-corrected chi connectivity index (χ3v) is 4.22. The normalized spacial score (nSPS) is 11.1. The standard InChI is InChI=1S/C17H9BrFN3O3/c18-9-3-1-8(2-4-9)15-21-17(25-22-15)13-14(23)11-6-5-10(19)7-12(11)20-16(13)24/h1-7H,(H2,20,23,24). The summed E-state index contributed by atoms with van der Waals surface area (Å²) < 4.78 is 19.3. The van der Waals surface area contributed by atoms with Crippen LogP contribution in [0, 0.1) is 5.82 Å². The van der Waals surface area contributed by atoms with E-state index < -0.39 is 11.4 Å². The number of aromatic amines is 1. The molecule has 0 radical (unpaired) electrons. The molecule has 6 nitrogen and oxygen atoms in total. The van der Waals surface area contributed by atoms with E-state index in [4.69, 9.17) is 4.52 Å². The zero-order valence-corrected chi connectivity index (χ0v) is 14.0. The van der Waals surface area contributed by atoms with Crippen LogP contribution in [0.1, 0.15) is 0 Å². The van der Waals surface area contributed by atoms with Crippen molar-refractivity contribution in [1.29, 1.82) is 0 Å². The molecule has 0 aliphatic carbocycles. The van der Waals surface area contributed by atoms with Gasteiger partial charge in [-0.3, -0.25) is 4.79 Å². The van der Waals surface area contributed by atoms with Crippen LogP contribution in [0.2, 0.25) is 0 Å². The van der Waals surface area contributed by atoms with Gasteiger partial charge in [-0.15, -0.1) is 0 Å². The van der Waals surface area contributed by atoms with Crippen LogP contribution >= 0.6 is 15.9 Å². The molecule has 2 aromatic carbocycles. The van der Waals surface area contributed by atoms with Crippen LogP contribution in [0.5, 0.6) is 5.75 Å². The predicted octanol–water partition coefficient (Wildman–Crippen LogP) is 3.85. The Morgan fingerprint density at radius 3 is 2.68 bits per heavy atom. The van der Waals surface area contributed by atoms with E-state index in [0.29, 0.717) is 5.56 Å². The highest BCUT2D eigenvalue weighted by Crippen LogP contribution is 2.32. The van der Waals surface area contributed by atoms with Crippen molar-refractivity contribution in [3.05, 3.63) is 63.1 Å². The summed E-state index contributed by atoms with van der Waals surface area (Å²) in [6, 6.07) is 10.9. The van der Waals surface area contributed by atoms with Gasteiger partial charge in [0.25, 0.3) is 11.4 Å². The Morgan fingerprint density at radius 2 is 1.92 bits per heavy atom. The van der Waals surface area contributed by atoms with Crippen LogP contribution in [0.15, 0.2) is 56.3 Å². The lowest BCUT2D eigenvalue weighted by Crippen LogP contribution is -2.09. The Labute approximate surface area is 148 Å². The Balaban J connectivity index is 1.86. The van der Waals surface area contributed by atoms with E-state index in [1.54, 1.807) is 12.1 Å². The molecule has 0 saturated heterocycles. The third kappa shape index (κ3) is 2.70. The number of nitrogens with one attached hydrogen (secondary N) is 1. The Bertz CT molecular complexity index is 1150. The Morgan fingerprint density at radius 1 is 1.16 bits per heavy atom. The van der Waals surface area contributed by atoms with E-state index in [9.17, 15) is 14.3 Å². The van der Waals surface area contributed by atoms with Crippen molar-refractivity contribution >= 4 is 26.8 Å². The first-order chi connectivity index (χ1) is 12.0. The molecule has 4 aromatic rings. The molecule has 124 valence electrons. The summed E-state index contributed by atoms with van der Waals surface area (Å²) >= 11 is 3.34. The van der Waals surface area contributed by atoms with Gasteiger partial charge in [0, 0.05) is 15.4 Å². The molecule has 8 heteroatoms. The topological polar surface area (TPSA) is 92.0 Å². The van der Waals surface area contributed by atoms with Crippen molar-refractivity contribution in [2.24, 2.45) is 0 Å². The largest absolute Gasteiger partial charge is 0.506 e. The molecule has 0 fully saturated rings. The number of benzene rings is 2. The number of fused-ring (bicyclic) bond motifs is 1. The molecular weight excluding hydrogens is 393 g/mol. The average molecular weight is 402 g/mol. The monoisotopic (exact) mass is 401 g/mol. The van der Waals surface area contributed by atoms with Crippen molar-refractivity contribution in [2.75, 3.05) is 0 Å². The van der Waals surface area contributed by atoms with Crippen molar-refractivity contribution in [1.82, 2.24) is 15.1 Å². The summed E-state index contributed by atoms with van der Waals surface area (Å²) in [5.74, 6) is -0.709. The van der Waals surface area contributed by atoms with E-state index in [1.165, 1.54) is 12.1 Å². The molecular formula is C17H9BrFN3O3. The van der Waals surface area contributed by atoms with Gasteiger partial charge in [-0.2, -0.15) is 4.98 Å². The summed E-state index contributed by atoms with van der Waals surface area (Å²) in [7, 11) is 0. The molecule has 2 aromatic heterocycles. The van der Waals surface area contributed by atoms with Gasteiger partial charge in [-0.05, 0) is 42.5 Å². The van der Waals surface area contributed by atoms with Crippen LogP contribution in [0.4, 0.5) is 4.39 Å². The molecule has 2 N–H and O–H groups in total. The maximum absolute atomic E-state index is 13.3. The number of hydrogen-bond donors (Lipinski definition) is 2. The van der Waals surface area contributed by atoms with Gasteiger partial charge in [-0.1, -0.05) is 21.1 Å². The summed E-state index contributed by atoms with van der Waals surface area (Å²) in [4.78, 5) is 19.0. The quantitative estimate of drug-likeness (QED) is 0.532. The molecule has 0 spiro atoms. The highest BCUT2D eigenvalue weighted by atomic mass is 79.9. The minimum atomic E-state index is -0.651. The van der Waals surface area contributed by atoms with E-state index >= 15 is 0 Å².